The van der Waals surface area contributed by atoms with Crippen LogP contribution in [-0.4, -0.2) is 0 Å². The smallest absolute Gasteiger partial charge is 0.101 e. The Morgan fingerprint density at radius 1 is 1.00 bits per heavy atom. The number of halogens is 3. The van der Waals surface area contributed by atoms with Crippen LogP contribution < -0.4 is 5.32 Å². The van der Waals surface area contributed by atoms with E-state index in [2.05, 4.69) is 27.3 Å². The van der Waals surface area contributed by atoms with Gasteiger partial charge in [-0.1, -0.05) is 23.2 Å². The van der Waals surface area contributed by atoms with Crippen molar-refractivity contribution in [3.8, 4) is 6.07 Å². The van der Waals surface area contributed by atoms with Crippen molar-refractivity contribution in [1.82, 2.24) is 0 Å². The maximum atomic E-state index is 9.05. The Bertz CT molecular complexity index is 635. The molecule has 90 valence electrons. The SMILES string of the molecule is N#Cc1cc(Cl)ccc1Nc1ccc(Cl)cc1Br. The Balaban J connectivity index is 2.37. The minimum atomic E-state index is 0.490. The van der Waals surface area contributed by atoms with Crippen molar-refractivity contribution in [1.29, 1.82) is 5.26 Å². The van der Waals surface area contributed by atoms with Gasteiger partial charge in [-0.25, -0.2) is 0 Å². The van der Waals surface area contributed by atoms with E-state index in [1.165, 1.54) is 0 Å². The average molecular weight is 342 g/mol. The molecule has 2 nitrogen and oxygen atoms in total. The summed E-state index contributed by atoms with van der Waals surface area (Å²) in [7, 11) is 0. The minimum Gasteiger partial charge on any atom is -0.354 e. The Morgan fingerprint density at radius 3 is 2.22 bits per heavy atom. The molecule has 0 radical (unpaired) electrons. The van der Waals surface area contributed by atoms with Crippen LogP contribution in [0.1, 0.15) is 5.56 Å². The van der Waals surface area contributed by atoms with Gasteiger partial charge in [0.05, 0.1) is 16.9 Å². The molecule has 0 aliphatic heterocycles. The summed E-state index contributed by atoms with van der Waals surface area (Å²) in [5.41, 5.74) is 2.02. The first kappa shape index (κ1) is 13.2. The number of hydrogen-bond acceptors (Lipinski definition) is 2. The van der Waals surface area contributed by atoms with Crippen LogP contribution in [0.3, 0.4) is 0 Å². The fraction of sp³-hybridized carbons (Fsp3) is 0. The molecule has 0 saturated heterocycles. The monoisotopic (exact) mass is 340 g/mol. The molecule has 1 N–H and O–H groups in total. The third-order valence-corrected chi connectivity index (χ3v) is 3.43. The normalized spacial score (nSPS) is 9.89. The molecular weight excluding hydrogens is 335 g/mol. The van der Waals surface area contributed by atoms with Gasteiger partial charge in [-0.05, 0) is 52.3 Å². The summed E-state index contributed by atoms with van der Waals surface area (Å²) in [5, 5.41) is 13.4. The van der Waals surface area contributed by atoms with Gasteiger partial charge in [-0.15, -0.1) is 0 Å². The molecule has 0 aliphatic rings. The van der Waals surface area contributed by atoms with E-state index < -0.39 is 0 Å². The van der Waals surface area contributed by atoms with Crippen LogP contribution in [0.25, 0.3) is 0 Å². The predicted molar refractivity (Wildman–Crippen MR) is 78.6 cm³/mol. The van der Waals surface area contributed by atoms with Crippen molar-refractivity contribution in [3.63, 3.8) is 0 Å². The standard InChI is InChI=1S/C13H7BrCl2N2/c14-11-6-10(16)2-4-13(11)18-12-3-1-9(15)5-8(12)7-17/h1-6,18H. The Kier molecular flexibility index (Phi) is 4.13. The summed E-state index contributed by atoms with van der Waals surface area (Å²) < 4.78 is 0.828. The van der Waals surface area contributed by atoms with Gasteiger partial charge in [0, 0.05) is 14.5 Å². The van der Waals surface area contributed by atoms with Crippen molar-refractivity contribution in [2.45, 2.75) is 0 Å². The zero-order chi connectivity index (χ0) is 13.1. The van der Waals surface area contributed by atoms with Gasteiger partial charge in [-0.2, -0.15) is 5.26 Å². The summed E-state index contributed by atoms with van der Waals surface area (Å²) in [4.78, 5) is 0. The van der Waals surface area contributed by atoms with Gasteiger partial charge in [0.2, 0.25) is 0 Å². The summed E-state index contributed by atoms with van der Waals surface area (Å²) in [6, 6.07) is 12.6. The largest absolute Gasteiger partial charge is 0.354 e. The van der Waals surface area contributed by atoms with Gasteiger partial charge in [0.15, 0.2) is 0 Å². The third-order valence-electron chi connectivity index (χ3n) is 2.30. The van der Waals surface area contributed by atoms with E-state index in [1.807, 2.05) is 6.07 Å². The third kappa shape index (κ3) is 2.97. The zero-order valence-corrected chi connectivity index (χ0v) is 12.1. The maximum Gasteiger partial charge on any atom is 0.101 e. The molecule has 0 aromatic heterocycles. The average Bonchev–Trinajstić information content (AvgIpc) is 2.34. The second-order valence-corrected chi connectivity index (χ2v) is 5.28. The van der Waals surface area contributed by atoms with Gasteiger partial charge in [0.25, 0.3) is 0 Å². The van der Waals surface area contributed by atoms with E-state index in [1.54, 1.807) is 30.3 Å². The first-order chi connectivity index (χ1) is 8.60. The summed E-state index contributed by atoms with van der Waals surface area (Å²) in [6.45, 7) is 0. The molecule has 0 aliphatic carbocycles. The molecule has 2 aromatic carbocycles. The van der Waals surface area contributed by atoms with Crippen molar-refractivity contribution in [2.24, 2.45) is 0 Å². The van der Waals surface area contributed by atoms with Crippen LogP contribution in [0.2, 0.25) is 10.0 Å². The first-order valence-electron chi connectivity index (χ1n) is 5.02. The first-order valence-corrected chi connectivity index (χ1v) is 6.57. The highest BCUT2D eigenvalue weighted by atomic mass is 79.9. The Labute approximate surface area is 123 Å². The molecule has 0 heterocycles. The lowest BCUT2D eigenvalue weighted by atomic mass is 10.2. The van der Waals surface area contributed by atoms with Gasteiger partial charge in [0.1, 0.15) is 6.07 Å². The zero-order valence-electron chi connectivity index (χ0n) is 9.05. The van der Waals surface area contributed by atoms with E-state index in [0.29, 0.717) is 21.3 Å². The molecule has 0 unspecified atom stereocenters. The van der Waals surface area contributed by atoms with Gasteiger partial charge < -0.3 is 5.32 Å². The number of rotatable bonds is 2. The lowest BCUT2D eigenvalue weighted by Gasteiger charge is -2.10. The molecule has 0 bridgehead atoms. The topological polar surface area (TPSA) is 35.8 Å². The molecule has 18 heavy (non-hydrogen) atoms. The van der Waals surface area contributed by atoms with Crippen molar-refractivity contribution in [3.05, 3.63) is 56.5 Å². The van der Waals surface area contributed by atoms with Crippen LogP contribution in [0.5, 0.6) is 0 Å². The summed E-state index contributed by atoms with van der Waals surface area (Å²) in [6.07, 6.45) is 0. The molecule has 0 fully saturated rings. The lowest BCUT2D eigenvalue weighted by molar-refractivity contribution is 1.45. The highest BCUT2D eigenvalue weighted by Gasteiger charge is 2.06. The Hall–Kier alpha value is -1.21. The number of benzene rings is 2. The highest BCUT2D eigenvalue weighted by molar-refractivity contribution is 9.10. The predicted octanol–water partition coefficient (Wildman–Crippen LogP) is 5.37. The molecule has 0 spiro atoms. The number of hydrogen-bond donors (Lipinski definition) is 1. The molecule has 0 atom stereocenters. The van der Waals surface area contributed by atoms with E-state index in [9.17, 15) is 0 Å². The Morgan fingerprint density at radius 2 is 1.61 bits per heavy atom. The van der Waals surface area contributed by atoms with E-state index in [4.69, 9.17) is 28.5 Å². The van der Waals surface area contributed by atoms with E-state index in [0.717, 1.165) is 10.2 Å². The van der Waals surface area contributed by atoms with Crippen LogP contribution in [-0.2, 0) is 0 Å². The fourth-order valence-electron chi connectivity index (χ4n) is 1.45. The van der Waals surface area contributed by atoms with Crippen LogP contribution >= 0.6 is 39.1 Å². The van der Waals surface area contributed by atoms with Crippen LogP contribution in [0.4, 0.5) is 11.4 Å². The van der Waals surface area contributed by atoms with Crippen LogP contribution in [0.15, 0.2) is 40.9 Å². The van der Waals surface area contributed by atoms with Crippen molar-refractivity contribution in [2.75, 3.05) is 5.32 Å². The number of nitrogens with one attached hydrogen (secondary N) is 1. The molecule has 0 saturated carbocycles. The fourth-order valence-corrected chi connectivity index (χ4v) is 2.41. The maximum absolute atomic E-state index is 9.05. The van der Waals surface area contributed by atoms with E-state index >= 15 is 0 Å². The molecule has 2 rings (SSSR count). The van der Waals surface area contributed by atoms with Gasteiger partial charge in [-0.3, -0.25) is 0 Å². The summed E-state index contributed by atoms with van der Waals surface area (Å²) in [5.74, 6) is 0. The van der Waals surface area contributed by atoms with E-state index in [-0.39, 0.29) is 0 Å². The van der Waals surface area contributed by atoms with Crippen molar-refractivity contribution >= 4 is 50.5 Å². The molecule has 5 heteroatoms. The second kappa shape index (κ2) is 5.62. The lowest BCUT2D eigenvalue weighted by Crippen LogP contribution is -1.94. The number of nitriles is 1. The quantitative estimate of drug-likeness (QED) is 0.796. The number of anilines is 2. The van der Waals surface area contributed by atoms with Crippen molar-refractivity contribution < 1.29 is 0 Å². The molecular formula is C13H7BrCl2N2. The van der Waals surface area contributed by atoms with Crippen LogP contribution in [0, 0.1) is 11.3 Å². The minimum absolute atomic E-state index is 0.490. The van der Waals surface area contributed by atoms with Gasteiger partial charge >= 0.3 is 0 Å². The number of nitrogens with zero attached hydrogens (tertiary/aromatic N) is 1. The molecule has 0 amide bonds. The second-order valence-electron chi connectivity index (χ2n) is 3.55. The highest BCUT2D eigenvalue weighted by Crippen LogP contribution is 2.30. The molecule has 2 aromatic rings. The summed E-state index contributed by atoms with van der Waals surface area (Å²) >= 11 is 15.1.